The average Bonchev–Trinajstić information content (AvgIpc) is 2.79. The molecule has 0 aliphatic carbocycles. The summed E-state index contributed by atoms with van der Waals surface area (Å²) in [5.41, 5.74) is 2.24. The molecule has 0 aliphatic heterocycles. The Morgan fingerprint density at radius 3 is 1.87 bits per heavy atom. The number of halogens is 1. The summed E-state index contributed by atoms with van der Waals surface area (Å²) < 4.78 is 16.9. The van der Waals surface area contributed by atoms with Gasteiger partial charge in [0.15, 0.2) is 0 Å². The molecule has 0 saturated heterocycles. The Bertz CT molecular complexity index is 743. The third-order valence-corrected chi connectivity index (χ3v) is 5.87. The van der Waals surface area contributed by atoms with Crippen molar-refractivity contribution in [2.75, 3.05) is 32.3 Å². The molecule has 0 spiro atoms. The molecule has 0 heterocycles. The summed E-state index contributed by atoms with van der Waals surface area (Å²) in [7, 11) is 0. The van der Waals surface area contributed by atoms with Crippen molar-refractivity contribution in [3.05, 3.63) is 59.7 Å². The van der Waals surface area contributed by atoms with Gasteiger partial charge in [0, 0.05) is 23.8 Å². The minimum absolute atomic E-state index is 0.160. The molecule has 0 amide bonds. The van der Waals surface area contributed by atoms with Gasteiger partial charge in [0.25, 0.3) is 0 Å². The van der Waals surface area contributed by atoms with E-state index in [2.05, 4.69) is 52.0 Å². The number of hydrogen-bond donors (Lipinski definition) is 1. The molecule has 1 N–H and O–H groups in total. The highest BCUT2D eigenvalue weighted by Gasteiger charge is 2.23. The van der Waals surface area contributed by atoms with E-state index in [0.29, 0.717) is 31.6 Å². The zero-order chi connectivity index (χ0) is 22.7. The maximum Gasteiger partial charge on any atom is 0.119 e. The van der Waals surface area contributed by atoms with Crippen LogP contribution in [0.25, 0.3) is 0 Å². The first-order valence-corrected chi connectivity index (χ1v) is 11.7. The minimum Gasteiger partial charge on any atom is -0.493 e. The molecule has 2 unspecified atom stereocenters. The molecule has 172 valence electrons. The van der Waals surface area contributed by atoms with Crippen molar-refractivity contribution in [3.63, 3.8) is 0 Å². The highest BCUT2D eigenvalue weighted by molar-refractivity contribution is 6.18. The maximum atomic E-state index is 9.98. The summed E-state index contributed by atoms with van der Waals surface area (Å²) >= 11 is 5.84. The Morgan fingerprint density at radius 1 is 0.871 bits per heavy atom. The normalized spacial score (nSPS) is 13.6. The van der Waals surface area contributed by atoms with E-state index in [0.717, 1.165) is 24.3 Å². The lowest BCUT2D eigenvalue weighted by Crippen LogP contribution is -2.23. The van der Waals surface area contributed by atoms with E-state index in [1.54, 1.807) is 0 Å². The average molecular weight is 449 g/mol. The van der Waals surface area contributed by atoms with Gasteiger partial charge in [-0.25, -0.2) is 0 Å². The van der Waals surface area contributed by atoms with Gasteiger partial charge >= 0.3 is 0 Å². The molecule has 0 saturated carbocycles. The van der Waals surface area contributed by atoms with Gasteiger partial charge in [-0.05, 0) is 41.8 Å². The van der Waals surface area contributed by atoms with Crippen LogP contribution in [0.4, 0.5) is 0 Å². The van der Waals surface area contributed by atoms with Gasteiger partial charge in [0.05, 0.1) is 13.2 Å². The zero-order valence-corrected chi connectivity index (χ0v) is 20.0. The number of rotatable bonds is 14. The fourth-order valence-electron chi connectivity index (χ4n) is 3.09. The van der Waals surface area contributed by atoms with Crippen LogP contribution in [0.15, 0.2) is 48.5 Å². The van der Waals surface area contributed by atoms with E-state index in [1.165, 1.54) is 11.1 Å². The van der Waals surface area contributed by atoms with E-state index in [-0.39, 0.29) is 12.0 Å². The molecule has 2 aromatic carbocycles. The topological polar surface area (TPSA) is 47.9 Å². The first-order valence-electron chi connectivity index (χ1n) is 11.1. The molecule has 0 fully saturated rings. The summed E-state index contributed by atoms with van der Waals surface area (Å²) in [4.78, 5) is 0. The van der Waals surface area contributed by atoms with Crippen molar-refractivity contribution in [2.24, 2.45) is 5.92 Å². The van der Waals surface area contributed by atoms with Crippen molar-refractivity contribution in [3.8, 4) is 11.5 Å². The summed E-state index contributed by atoms with van der Waals surface area (Å²) in [5.74, 6) is 2.52. The van der Waals surface area contributed by atoms with Gasteiger partial charge in [0.1, 0.15) is 24.2 Å². The van der Waals surface area contributed by atoms with E-state index >= 15 is 0 Å². The minimum atomic E-state index is -0.624. The van der Waals surface area contributed by atoms with Gasteiger partial charge < -0.3 is 19.3 Å². The Balaban J connectivity index is 1.90. The monoisotopic (exact) mass is 448 g/mol. The highest BCUT2D eigenvalue weighted by atomic mass is 35.5. The largest absolute Gasteiger partial charge is 0.493 e. The van der Waals surface area contributed by atoms with Crippen LogP contribution in [0, 0.1) is 5.92 Å². The molecule has 31 heavy (non-hydrogen) atoms. The number of unbranched alkanes of at least 4 members (excludes halogenated alkanes) is 1. The fraction of sp³-hybridized carbons (Fsp3) is 0.538. The molecular formula is C26H37ClO4. The molecule has 0 bridgehead atoms. The molecule has 4 nitrogen and oxygen atoms in total. The standard InChI is InChI=1S/C26H37ClO4/c1-5-6-15-29-18-23(28)19-31-25-13-9-22(10-14-25)26(3,4)21-7-11-24(12-8-21)30-17-20(2)16-27/h7-14,20,23,28H,5-6,15-19H2,1-4H3. The Morgan fingerprint density at radius 2 is 1.39 bits per heavy atom. The lowest BCUT2D eigenvalue weighted by molar-refractivity contribution is 0.0113. The summed E-state index contributed by atoms with van der Waals surface area (Å²) in [6, 6.07) is 16.3. The first-order chi connectivity index (χ1) is 14.9. The van der Waals surface area contributed by atoms with Gasteiger partial charge in [-0.2, -0.15) is 0 Å². The van der Waals surface area contributed by atoms with Crippen LogP contribution >= 0.6 is 11.6 Å². The smallest absolute Gasteiger partial charge is 0.119 e. The highest BCUT2D eigenvalue weighted by Crippen LogP contribution is 2.33. The van der Waals surface area contributed by atoms with Crippen molar-refractivity contribution >= 4 is 11.6 Å². The molecule has 2 atom stereocenters. The number of aliphatic hydroxyl groups is 1. The first kappa shape index (κ1) is 25.5. The molecule has 0 aliphatic rings. The summed E-state index contributed by atoms with van der Waals surface area (Å²) in [6.07, 6.45) is 1.47. The lowest BCUT2D eigenvalue weighted by Gasteiger charge is -2.26. The molecule has 0 aromatic heterocycles. The number of aliphatic hydroxyl groups excluding tert-OH is 1. The van der Waals surface area contributed by atoms with Crippen molar-refractivity contribution in [1.29, 1.82) is 0 Å². The Kier molecular flexibility index (Phi) is 10.7. The third kappa shape index (κ3) is 8.36. The van der Waals surface area contributed by atoms with Crippen LogP contribution in [0.1, 0.15) is 51.7 Å². The summed E-state index contributed by atoms with van der Waals surface area (Å²) in [5, 5.41) is 9.98. The second kappa shape index (κ2) is 12.9. The number of alkyl halides is 1. The molecular weight excluding hydrogens is 412 g/mol. The summed E-state index contributed by atoms with van der Waals surface area (Å²) in [6.45, 7) is 10.4. The fourth-order valence-corrected chi connectivity index (χ4v) is 3.18. The molecule has 0 radical (unpaired) electrons. The molecule has 2 aromatic rings. The van der Waals surface area contributed by atoms with Gasteiger partial charge in [0.2, 0.25) is 0 Å². The van der Waals surface area contributed by atoms with Crippen molar-refractivity contribution in [2.45, 2.75) is 52.1 Å². The van der Waals surface area contributed by atoms with E-state index in [4.69, 9.17) is 25.8 Å². The predicted octanol–water partition coefficient (Wildman–Crippen LogP) is 5.82. The second-order valence-electron chi connectivity index (χ2n) is 8.64. The van der Waals surface area contributed by atoms with Crippen molar-refractivity contribution in [1.82, 2.24) is 0 Å². The molecule has 2 rings (SSSR count). The van der Waals surface area contributed by atoms with Crippen LogP contribution in [0.2, 0.25) is 0 Å². The SMILES string of the molecule is CCCCOCC(O)COc1ccc(C(C)(C)c2ccc(OCC(C)CCl)cc2)cc1. The van der Waals surface area contributed by atoms with Crippen LogP contribution in [-0.4, -0.2) is 43.5 Å². The van der Waals surface area contributed by atoms with Crippen molar-refractivity contribution < 1.29 is 19.3 Å². The van der Waals surface area contributed by atoms with Gasteiger partial charge in [-0.3, -0.25) is 0 Å². The van der Waals surface area contributed by atoms with Crippen LogP contribution in [0.5, 0.6) is 11.5 Å². The Hall–Kier alpha value is -1.75. The molecule has 5 heteroatoms. The second-order valence-corrected chi connectivity index (χ2v) is 8.95. The zero-order valence-electron chi connectivity index (χ0n) is 19.3. The Labute approximate surface area is 192 Å². The maximum absolute atomic E-state index is 9.98. The number of hydrogen-bond acceptors (Lipinski definition) is 4. The van der Waals surface area contributed by atoms with Gasteiger partial charge in [-0.1, -0.05) is 58.4 Å². The van der Waals surface area contributed by atoms with E-state index < -0.39 is 6.10 Å². The van der Waals surface area contributed by atoms with E-state index in [9.17, 15) is 5.11 Å². The van der Waals surface area contributed by atoms with Crippen LogP contribution in [0.3, 0.4) is 0 Å². The predicted molar refractivity (Wildman–Crippen MR) is 128 cm³/mol. The number of ether oxygens (including phenoxy) is 3. The van der Waals surface area contributed by atoms with E-state index in [1.807, 2.05) is 24.3 Å². The third-order valence-electron chi connectivity index (χ3n) is 5.34. The van der Waals surface area contributed by atoms with Gasteiger partial charge in [-0.15, -0.1) is 11.6 Å². The lowest BCUT2D eigenvalue weighted by atomic mass is 9.78. The quantitative estimate of drug-likeness (QED) is 0.292. The van der Waals surface area contributed by atoms with Crippen LogP contribution < -0.4 is 9.47 Å². The number of benzene rings is 2. The van der Waals surface area contributed by atoms with Crippen LogP contribution in [-0.2, 0) is 10.2 Å².